The molecule has 2 aliphatic rings. The third-order valence-electron chi connectivity index (χ3n) is 5.45. The minimum atomic E-state index is -2.91. The van der Waals surface area contributed by atoms with E-state index in [4.69, 9.17) is 0 Å². The van der Waals surface area contributed by atoms with Gasteiger partial charge in [0.25, 0.3) is 5.91 Å². The number of rotatable bonds is 4. The average molecular weight is 388 g/mol. The Hall–Kier alpha value is -2.19. The van der Waals surface area contributed by atoms with E-state index >= 15 is 0 Å². The van der Waals surface area contributed by atoms with Crippen LogP contribution in [-0.4, -0.2) is 77.4 Å². The fraction of sp³-hybridized carbons (Fsp3) is 0.474. The lowest BCUT2D eigenvalue weighted by Gasteiger charge is -2.35. The Bertz CT molecular complexity index is 886. The van der Waals surface area contributed by atoms with E-state index in [1.807, 2.05) is 46.1 Å². The normalized spacial score (nSPS) is 22.8. The molecule has 2 aliphatic heterocycles. The Labute approximate surface area is 159 Å². The number of nitrogens with zero attached hydrogens (tertiary/aromatic N) is 4. The van der Waals surface area contributed by atoms with Gasteiger partial charge < -0.3 is 9.47 Å². The summed E-state index contributed by atoms with van der Waals surface area (Å²) < 4.78 is 25.9. The molecule has 8 heteroatoms. The van der Waals surface area contributed by atoms with Crippen LogP contribution in [0.2, 0.25) is 0 Å². The maximum Gasteiger partial charge on any atom is 0.255 e. The lowest BCUT2D eigenvalue weighted by atomic mass is 10.2. The molecule has 1 amide bonds. The van der Waals surface area contributed by atoms with E-state index in [0.29, 0.717) is 44.0 Å². The van der Waals surface area contributed by atoms with Gasteiger partial charge in [-0.2, -0.15) is 0 Å². The van der Waals surface area contributed by atoms with E-state index < -0.39 is 9.84 Å². The number of amides is 1. The Balaban J connectivity index is 1.33. The van der Waals surface area contributed by atoms with Crippen molar-refractivity contribution in [2.24, 2.45) is 0 Å². The summed E-state index contributed by atoms with van der Waals surface area (Å²) in [6.07, 6.45) is 6.98. The first-order chi connectivity index (χ1) is 13.0. The summed E-state index contributed by atoms with van der Waals surface area (Å²) in [6, 6.07) is 7.50. The second-order valence-electron chi connectivity index (χ2n) is 7.22. The molecule has 4 heterocycles. The Morgan fingerprint density at radius 2 is 1.85 bits per heavy atom. The summed E-state index contributed by atoms with van der Waals surface area (Å²) in [5, 5.41) is -0.231. The Morgan fingerprint density at radius 3 is 2.44 bits per heavy atom. The summed E-state index contributed by atoms with van der Waals surface area (Å²) in [5.41, 5.74) is 0.581. The van der Waals surface area contributed by atoms with Crippen LogP contribution in [0.25, 0.3) is 5.82 Å². The molecule has 0 aromatic carbocycles. The van der Waals surface area contributed by atoms with E-state index in [0.717, 1.165) is 18.7 Å². The SMILES string of the molecule is O=C(c1ccc(-n2cccc2)nc1)N1CCN(CC2CCCS2(=O)=O)CC1. The van der Waals surface area contributed by atoms with Gasteiger partial charge in [-0.25, -0.2) is 13.4 Å². The van der Waals surface area contributed by atoms with Crippen LogP contribution in [0.1, 0.15) is 23.2 Å². The predicted molar refractivity (Wildman–Crippen MR) is 103 cm³/mol. The monoisotopic (exact) mass is 388 g/mol. The number of aromatic nitrogens is 2. The van der Waals surface area contributed by atoms with Gasteiger partial charge in [0.2, 0.25) is 0 Å². The largest absolute Gasteiger partial charge is 0.336 e. The van der Waals surface area contributed by atoms with Crippen LogP contribution in [0.15, 0.2) is 42.9 Å². The van der Waals surface area contributed by atoms with Crippen molar-refractivity contribution in [3.8, 4) is 5.82 Å². The van der Waals surface area contributed by atoms with Crippen LogP contribution < -0.4 is 0 Å². The van der Waals surface area contributed by atoms with Gasteiger partial charge >= 0.3 is 0 Å². The molecule has 0 spiro atoms. The highest BCUT2D eigenvalue weighted by Crippen LogP contribution is 2.21. The quantitative estimate of drug-likeness (QED) is 0.787. The van der Waals surface area contributed by atoms with Crippen molar-refractivity contribution in [3.63, 3.8) is 0 Å². The number of pyridine rings is 1. The highest BCUT2D eigenvalue weighted by atomic mass is 32.2. The van der Waals surface area contributed by atoms with Crippen molar-refractivity contribution >= 4 is 15.7 Å². The molecule has 144 valence electrons. The highest BCUT2D eigenvalue weighted by Gasteiger charge is 2.33. The molecule has 4 rings (SSSR count). The van der Waals surface area contributed by atoms with Crippen LogP contribution in [0.3, 0.4) is 0 Å². The van der Waals surface area contributed by atoms with E-state index in [1.54, 1.807) is 6.20 Å². The molecule has 2 fully saturated rings. The number of carbonyl (C=O) groups is 1. The van der Waals surface area contributed by atoms with Crippen molar-refractivity contribution in [1.29, 1.82) is 0 Å². The first kappa shape index (κ1) is 18.2. The lowest BCUT2D eigenvalue weighted by molar-refractivity contribution is 0.0636. The van der Waals surface area contributed by atoms with Crippen LogP contribution in [0.5, 0.6) is 0 Å². The zero-order valence-electron chi connectivity index (χ0n) is 15.2. The minimum absolute atomic E-state index is 0.0188. The second kappa shape index (κ2) is 7.44. The summed E-state index contributed by atoms with van der Waals surface area (Å²) in [4.78, 5) is 21.1. The summed E-state index contributed by atoms with van der Waals surface area (Å²) in [7, 11) is -2.91. The third kappa shape index (κ3) is 3.91. The van der Waals surface area contributed by atoms with E-state index in [1.165, 1.54) is 0 Å². The summed E-state index contributed by atoms with van der Waals surface area (Å²) in [6.45, 7) is 3.26. The molecule has 0 saturated carbocycles. The Kier molecular flexibility index (Phi) is 5.01. The third-order valence-corrected chi connectivity index (χ3v) is 7.71. The standard InChI is InChI=1S/C19H24N4O3S/c24-19(16-5-6-18(20-14-16)22-7-1-2-8-22)23-11-9-21(10-12-23)15-17-4-3-13-27(17,25)26/h1-2,5-8,14,17H,3-4,9-13,15H2. The van der Waals surface area contributed by atoms with E-state index in [-0.39, 0.29) is 11.2 Å². The molecule has 0 aliphatic carbocycles. The van der Waals surface area contributed by atoms with Crippen molar-refractivity contribution in [2.45, 2.75) is 18.1 Å². The molecular weight excluding hydrogens is 364 g/mol. The average Bonchev–Trinajstić information content (AvgIpc) is 3.32. The van der Waals surface area contributed by atoms with E-state index in [2.05, 4.69) is 9.88 Å². The molecule has 0 bridgehead atoms. The number of carbonyl (C=O) groups excluding carboxylic acids is 1. The van der Waals surface area contributed by atoms with Crippen LogP contribution in [0.4, 0.5) is 0 Å². The minimum Gasteiger partial charge on any atom is -0.336 e. The van der Waals surface area contributed by atoms with E-state index in [9.17, 15) is 13.2 Å². The highest BCUT2D eigenvalue weighted by molar-refractivity contribution is 7.92. The van der Waals surface area contributed by atoms with Gasteiger partial charge in [0, 0.05) is 51.3 Å². The van der Waals surface area contributed by atoms with Gasteiger partial charge in [-0.05, 0) is 37.1 Å². The lowest BCUT2D eigenvalue weighted by Crippen LogP contribution is -2.50. The topological polar surface area (TPSA) is 75.5 Å². The molecule has 0 radical (unpaired) electrons. The van der Waals surface area contributed by atoms with Gasteiger partial charge in [-0.1, -0.05) is 0 Å². The number of hydrogen-bond donors (Lipinski definition) is 0. The van der Waals surface area contributed by atoms with Crippen LogP contribution in [-0.2, 0) is 9.84 Å². The maximum atomic E-state index is 12.7. The van der Waals surface area contributed by atoms with Crippen molar-refractivity contribution < 1.29 is 13.2 Å². The molecule has 7 nitrogen and oxygen atoms in total. The van der Waals surface area contributed by atoms with Gasteiger partial charge in [-0.15, -0.1) is 0 Å². The number of piperazine rings is 1. The van der Waals surface area contributed by atoms with Crippen LogP contribution in [0, 0.1) is 0 Å². The molecule has 2 aromatic heterocycles. The zero-order chi connectivity index (χ0) is 18.9. The predicted octanol–water partition coefficient (Wildman–Crippen LogP) is 1.21. The van der Waals surface area contributed by atoms with Crippen molar-refractivity contribution in [3.05, 3.63) is 48.4 Å². The fourth-order valence-electron chi connectivity index (χ4n) is 3.82. The molecule has 1 unspecified atom stereocenters. The summed E-state index contributed by atoms with van der Waals surface area (Å²) in [5.74, 6) is 1.08. The molecule has 2 aromatic rings. The Morgan fingerprint density at radius 1 is 1.11 bits per heavy atom. The van der Waals surface area contributed by atoms with Crippen molar-refractivity contribution in [1.82, 2.24) is 19.4 Å². The molecule has 1 atom stereocenters. The number of sulfone groups is 1. The maximum absolute atomic E-state index is 12.7. The molecule has 27 heavy (non-hydrogen) atoms. The van der Waals surface area contributed by atoms with Gasteiger partial charge in [0.05, 0.1) is 16.6 Å². The molecule has 2 saturated heterocycles. The molecular formula is C19H24N4O3S. The van der Waals surface area contributed by atoms with Gasteiger partial charge in [-0.3, -0.25) is 9.69 Å². The second-order valence-corrected chi connectivity index (χ2v) is 9.62. The van der Waals surface area contributed by atoms with Crippen LogP contribution >= 0.6 is 0 Å². The zero-order valence-corrected chi connectivity index (χ0v) is 16.0. The first-order valence-corrected chi connectivity index (χ1v) is 11.1. The number of hydrogen-bond acceptors (Lipinski definition) is 5. The first-order valence-electron chi connectivity index (χ1n) is 9.35. The molecule has 0 N–H and O–H groups in total. The summed E-state index contributed by atoms with van der Waals surface area (Å²) >= 11 is 0. The van der Waals surface area contributed by atoms with Crippen molar-refractivity contribution in [2.75, 3.05) is 38.5 Å². The fourth-order valence-corrected chi connectivity index (χ4v) is 5.69. The van der Waals surface area contributed by atoms with Gasteiger partial charge in [0.1, 0.15) is 5.82 Å². The smallest absolute Gasteiger partial charge is 0.255 e. The van der Waals surface area contributed by atoms with Gasteiger partial charge in [0.15, 0.2) is 9.84 Å².